The van der Waals surface area contributed by atoms with Crippen molar-refractivity contribution in [3.63, 3.8) is 0 Å². The van der Waals surface area contributed by atoms with E-state index in [9.17, 15) is 4.79 Å². The summed E-state index contributed by atoms with van der Waals surface area (Å²) >= 11 is 12.2. The lowest BCUT2D eigenvalue weighted by Gasteiger charge is -2.14. The lowest BCUT2D eigenvalue weighted by molar-refractivity contribution is -0.136. The molecule has 3 nitrogen and oxygen atoms in total. The smallest absolute Gasteiger partial charge is 0.307 e. The number of carbonyl (C=O) groups is 1. The number of nitrogen functional groups attached to an aromatic ring is 1. The van der Waals surface area contributed by atoms with Crippen LogP contribution in [0.4, 0.5) is 5.69 Å². The van der Waals surface area contributed by atoms with Crippen molar-refractivity contribution in [2.24, 2.45) is 0 Å². The van der Waals surface area contributed by atoms with Crippen molar-refractivity contribution in [3.05, 3.63) is 52.0 Å². The quantitative estimate of drug-likeness (QED) is 0.845. The van der Waals surface area contributed by atoms with Crippen LogP contribution >= 0.6 is 23.2 Å². The minimum Gasteiger partial charge on any atom is -0.481 e. The highest BCUT2D eigenvalue weighted by Crippen LogP contribution is 2.40. The van der Waals surface area contributed by atoms with Crippen LogP contribution in [0.3, 0.4) is 0 Å². The molecule has 0 bridgehead atoms. The van der Waals surface area contributed by atoms with Crippen molar-refractivity contribution < 1.29 is 9.90 Å². The zero-order valence-corrected chi connectivity index (χ0v) is 11.4. The second kappa shape index (κ2) is 5.51. The van der Waals surface area contributed by atoms with Gasteiger partial charge in [0.05, 0.1) is 16.5 Å². The molecule has 0 aliphatic carbocycles. The number of anilines is 1. The second-order valence-corrected chi connectivity index (χ2v) is 4.84. The number of halogens is 2. The molecule has 0 aromatic heterocycles. The third-order valence-corrected chi connectivity index (χ3v) is 3.54. The highest BCUT2D eigenvalue weighted by Gasteiger charge is 2.16. The number of benzene rings is 2. The SMILES string of the molecule is Nc1c(CC(=O)O)cc(Cl)c(Cl)c1-c1ccccc1. The molecule has 2 aromatic rings. The molecule has 5 heteroatoms. The molecule has 0 aliphatic rings. The molecule has 0 atom stereocenters. The molecule has 19 heavy (non-hydrogen) atoms. The van der Waals surface area contributed by atoms with E-state index in [1.807, 2.05) is 30.3 Å². The van der Waals surface area contributed by atoms with E-state index in [4.69, 9.17) is 34.0 Å². The van der Waals surface area contributed by atoms with Crippen LogP contribution in [0.1, 0.15) is 5.56 Å². The van der Waals surface area contributed by atoms with Gasteiger partial charge in [0.25, 0.3) is 0 Å². The van der Waals surface area contributed by atoms with E-state index < -0.39 is 5.97 Å². The molecule has 0 saturated heterocycles. The van der Waals surface area contributed by atoms with Gasteiger partial charge < -0.3 is 10.8 Å². The van der Waals surface area contributed by atoms with E-state index in [-0.39, 0.29) is 6.42 Å². The third kappa shape index (κ3) is 2.83. The number of rotatable bonds is 3. The Labute approximate surface area is 120 Å². The molecule has 0 radical (unpaired) electrons. The molecular weight excluding hydrogens is 285 g/mol. The summed E-state index contributed by atoms with van der Waals surface area (Å²) in [4.78, 5) is 10.8. The molecule has 0 heterocycles. The highest BCUT2D eigenvalue weighted by molar-refractivity contribution is 6.44. The lowest BCUT2D eigenvalue weighted by atomic mass is 9.98. The normalized spacial score (nSPS) is 10.4. The van der Waals surface area contributed by atoms with Crippen molar-refractivity contribution in [2.45, 2.75) is 6.42 Å². The van der Waals surface area contributed by atoms with E-state index in [2.05, 4.69) is 0 Å². The average Bonchev–Trinajstić information content (AvgIpc) is 2.37. The van der Waals surface area contributed by atoms with Crippen LogP contribution < -0.4 is 5.73 Å². The zero-order chi connectivity index (χ0) is 14.0. The second-order valence-electron chi connectivity index (χ2n) is 4.06. The topological polar surface area (TPSA) is 63.3 Å². The minimum absolute atomic E-state index is 0.192. The first kappa shape index (κ1) is 13.7. The van der Waals surface area contributed by atoms with E-state index in [1.165, 1.54) is 6.07 Å². The molecule has 0 aliphatic heterocycles. The average molecular weight is 296 g/mol. The molecule has 0 spiro atoms. The highest BCUT2D eigenvalue weighted by atomic mass is 35.5. The number of nitrogens with two attached hydrogens (primary N) is 1. The number of aliphatic carboxylic acids is 1. The van der Waals surface area contributed by atoms with Crippen LogP contribution in [0.2, 0.25) is 10.0 Å². The summed E-state index contributed by atoms with van der Waals surface area (Å²) in [7, 11) is 0. The predicted octanol–water partition coefficient (Wildman–Crippen LogP) is 3.87. The van der Waals surface area contributed by atoms with Gasteiger partial charge in [0.2, 0.25) is 0 Å². The summed E-state index contributed by atoms with van der Waals surface area (Å²) in [5, 5.41) is 9.51. The number of carboxylic acid groups (broad SMARTS) is 1. The third-order valence-electron chi connectivity index (χ3n) is 2.75. The molecule has 0 amide bonds. The van der Waals surface area contributed by atoms with Gasteiger partial charge in [0, 0.05) is 11.3 Å². The molecule has 0 saturated carbocycles. The van der Waals surface area contributed by atoms with Crippen LogP contribution in [0.25, 0.3) is 11.1 Å². The summed E-state index contributed by atoms with van der Waals surface area (Å²) in [5.41, 5.74) is 8.22. The molecule has 2 aromatic carbocycles. The van der Waals surface area contributed by atoms with Crippen molar-refractivity contribution in [1.29, 1.82) is 0 Å². The van der Waals surface area contributed by atoms with Crippen LogP contribution in [0.15, 0.2) is 36.4 Å². The fraction of sp³-hybridized carbons (Fsp3) is 0.0714. The predicted molar refractivity (Wildman–Crippen MR) is 77.7 cm³/mol. The summed E-state index contributed by atoms with van der Waals surface area (Å²) in [5.74, 6) is -0.968. The van der Waals surface area contributed by atoms with E-state index in [0.29, 0.717) is 26.9 Å². The van der Waals surface area contributed by atoms with Gasteiger partial charge in [-0.1, -0.05) is 53.5 Å². The Morgan fingerprint density at radius 2 is 1.84 bits per heavy atom. The largest absolute Gasteiger partial charge is 0.481 e. The minimum atomic E-state index is -0.968. The monoisotopic (exact) mass is 295 g/mol. The summed E-state index contributed by atoms with van der Waals surface area (Å²) in [6, 6.07) is 10.8. The Kier molecular flexibility index (Phi) is 3.98. The van der Waals surface area contributed by atoms with Gasteiger partial charge in [-0.05, 0) is 17.2 Å². The van der Waals surface area contributed by atoms with Crippen LogP contribution in [0.5, 0.6) is 0 Å². The van der Waals surface area contributed by atoms with Crippen LogP contribution in [-0.4, -0.2) is 11.1 Å². The number of hydrogen-bond donors (Lipinski definition) is 2. The fourth-order valence-corrected chi connectivity index (χ4v) is 2.38. The Balaban J connectivity index is 2.66. The van der Waals surface area contributed by atoms with Gasteiger partial charge in [0.1, 0.15) is 0 Å². The standard InChI is InChI=1S/C14H11Cl2NO2/c15-10-6-9(7-11(18)19)14(17)12(13(10)16)8-4-2-1-3-5-8/h1-6H,7,17H2,(H,18,19). The first-order valence-corrected chi connectivity index (χ1v) is 6.30. The summed E-state index contributed by atoms with van der Waals surface area (Å²) in [6.45, 7) is 0. The number of carboxylic acids is 1. The maximum atomic E-state index is 10.8. The van der Waals surface area contributed by atoms with Gasteiger partial charge in [0.15, 0.2) is 0 Å². The van der Waals surface area contributed by atoms with Gasteiger partial charge >= 0.3 is 5.97 Å². The van der Waals surface area contributed by atoms with Gasteiger partial charge in [-0.3, -0.25) is 4.79 Å². The summed E-state index contributed by atoms with van der Waals surface area (Å²) in [6.07, 6.45) is -0.192. The van der Waals surface area contributed by atoms with Crippen LogP contribution in [-0.2, 0) is 11.2 Å². The molecule has 3 N–H and O–H groups in total. The molecule has 98 valence electrons. The zero-order valence-electron chi connectivity index (χ0n) is 9.86. The van der Waals surface area contributed by atoms with Gasteiger partial charge in [-0.25, -0.2) is 0 Å². The van der Waals surface area contributed by atoms with E-state index in [0.717, 1.165) is 5.56 Å². The molecular formula is C14H11Cl2NO2. The Morgan fingerprint density at radius 3 is 2.42 bits per heavy atom. The maximum absolute atomic E-state index is 10.8. The summed E-state index contributed by atoms with van der Waals surface area (Å²) < 4.78 is 0. The van der Waals surface area contributed by atoms with Gasteiger partial charge in [-0.2, -0.15) is 0 Å². The first-order chi connectivity index (χ1) is 9.00. The Hall–Kier alpha value is -1.71. The van der Waals surface area contributed by atoms with E-state index in [1.54, 1.807) is 0 Å². The number of hydrogen-bond acceptors (Lipinski definition) is 2. The Bertz CT molecular complexity index is 627. The molecule has 0 unspecified atom stereocenters. The molecule has 2 rings (SSSR count). The van der Waals surface area contributed by atoms with Crippen molar-refractivity contribution in [3.8, 4) is 11.1 Å². The molecule has 0 fully saturated rings. The van der Waals surface area contributed by atoms with Crippen molar-refractivity contribution in [2.75, 3.05) is 5.73 Å². The maximum Gasteiger partial charge on any atom is 0.307 e. The van der Waals surface area contributed by atoms with E-state index >= 15 is 0 Å². The lowest BCUT2D eigenvalue weighted by Crippen LogP contribution is -2.05. The fourth-order valence-electron chi connectivity index (χ4n) is 1.89. The van der Waals surface area contributed by atoms with Gasteiger partial charge in [-0.15, -0.1) is 0 Å². The van der Waals surface area contributed by atoms with Crippen molar-refractivity contribution in [1.82, 2.24) is 0 Å². The first-order valence-electron chi connectivity index (χ1n) is 5.54. The van der Waals surface area contributed by atoms with Crippen molar-refractivity contribution >= 4 is 34.9 Å². The van der Waals surface area contributed by atoms with Crippen LogP contribution in [0, 0.1) is 0 Å². The Morgan fingerprint density at radius 1 is 1.21 bits per heavy atom.